The van der Waals surface area contributed by atoms with E-state index in [9.17, 15) is 0 Å². The summed E-state index contributed by atoms with van der Waals surface area (Å²) in [6.45, 7) is 5.36. The summed E-state index contributed by atoms with van der Waals surface area (Å²) < 4.78 is 6.37. The number of rotatable bonds is 2. The van der Waals surface area contributed by atoms with Gasteiger partial charge in [0.2, 0.25) is 0 Å². The second-order valence-corrected chi connectivity index (χ2v) is 7.01. The van der Waals surface area contributed by atoms with Gasteiger partial charge in [0, 0.05) is 18.0 Å². The fourth-order valence-electron chi connectivity index (χ4n) is 3.36. The van der Waals surface area contributed by atoms with E-state index < -0.39 is 5.60 Å². The molecule has 0 aromatic heterocycles. The number of hydrogen-bond donors (Lipinski definition) is 2. The molecule has 3 rings (SSSR count). The van der Waals surface area contributed by atoms with Gasteiger partial charge in [-0.25, -0.2) is 0 Å². The van der Waals surface area contributed by atoms with Gasteiger partial charge in [-0.3, -0.25) is 0 Å². The molecule has 0 amide bonds. The molecular weight excluding hydrogens is 272 g/mol. The first-order valence-corrected chi connectivity index (χ1v) is 7.77. The van der Waals surface area contributed by atoms with Crippen LogP contribution in [0.2, 0.25) is 0 Å². The van der Waals surface area contributed by atoms with E-state index in [4.69, 9.17) is 16.2 Å². The zero-order chi connectivity index (χ0) is 15.8. The van der Waals surface area contributed by atoms with Crippen molar-refractivity contribution in [2.45, 2.75) is 32.3 Å². The average Bonchev–Trinajstić information content (AvgIpc) is 2.47. The molecule has 0 aliphatic carbocycles. The van der Waals surface area contributed by atoms with Crippen LogP contribution in [0.15, 0.2) is 48.5 Å². The maximum atomic E-state index is 6.37. The second kappa shape index (κ2) is 5.33. The Morgan fingerprint density at radius 1 is 0.818 bits per heavy atom. The summed E-state index contributed by atoms with van der Waals surface area (Å²) in [7, 11) is 0. The summed E-state index contributed by atoms with van der Waals surface area (Å²) in [5.74, 6) is 0. The first-order chi connectivity index (χ1) is 10.4. The van der Waals surface area contributed by atoms with Crippen molar-refractivity contribution in [3.8, 4) is 0 Å². The quantitative estimate of drug-likeness (QED) is 0.825. The van der Waals surface area contributed by atoms with Crippen LogP contribution in [0.3, 0.4) is 0 Å². The molecule has 0 unspecified atom stereocenters. The van der Waals surface area contributed by atoms with Crippen molar-refractivity contribution in [1.29, 1.82) is 0 Å². The van der Waals surface area contributed by atoms with Crippen LogP contribution >= 0.6 is 0 Å². The summed E-state index contributed by atoms with van der Waals surface area (Å²) in [5.41, 5.74) is 15.3. The lowest BCUT2D eigenvalue weighted by atomic mass is 9.70. The van der Waals surface area contributed by atoms with Gasteiger partial charge in [0.15, 0.2) is 0 Å². The Morgan fingerprint density at radius 2 is 1.27 bits per heavy atom. The van der Waals surface area contributed by atoms with Crippen LogP contribution < -0.4 is 11.5 Å². The molecule has 1 fully saturated rings. The monoisotopic (exact) mass is 296 g/mol. The highest BCUT2D eigenvalue weighted by Crippen LogP contribution is 2.48. The van der Waals surface area contributed by atoms with Crippen LogP contribution in [-0.2, 0) is 10.3 Å². The lowest BCUT2D eigenvalue weighted by Crippen LogP contribution is -2.41. The molecule has 22 heavy (non-hydrogen) atoms. The summed E-state index contributed by atoms with van der Waals surface area (Å²) in [6, 6.07) is 16.1. The molecule has 0 bridgehead atoms. The zero-order valence-electron chi connectivity index (χ0n) is 13.3. The summed E-state index contributed by atoms with van der Waals surface area (Å²) in [5, 5.41) is 0. The molecule has 1 aliphatic rings. The van der Waals surface area contributed by atoms with E-state index in [0.717, 1.165) is 42.0 Å². The minimum absolute atomic E-state index is 0.223. The van der Waals surface area contributed by atoms with Crippen LogP contribution in [0.5, 0.6) is 0 Å². The third-order valence-corrected chi connectivity index (χ3v) is 4.61. The first-order valence-electron chi connectivity index (χ1n) is 7.77. The third kappa shape index (κ3) is 2.69. The van der Waals surface area contributed by atoms with Crippen molar-refractivity contribution in [1.82, 2.24) is 0 Å². The van der Waals surface area contributed by atoms with Gasteiger partial charge < -0.3 is 16.2 Å². The minimum atomic E-state index is -0.427. The number of hydrogen-bond acceptors (Lipinski definition) is 3. The number of nitrogens with two attached hydrogens (primary N) is 2. The smallest absolute Gasteiger partial charge is 0.119 e. The predicted molar refractivity (Wildman–Crippen MR) is 91.5 cm³/mol. The van der Waals surface area contributed by atoms with Crippen molar-refractivity contribution in [2.75, 3.05) is 18.1 Å². The van der Waals surface area contributed by atoms with E-state index in [1.165, 1.54) is 0 Å². The Balaban J connectivity index is 2.13. The number of nitrogen functional groups attached to an aromatic ring is 2. The number of benzene rings is 2. The molecule has 2 aromatic rings. The van der Waals surface area contributed by atoms with Crippen LogP contribution in [0.4, 0.5) is 11.4 Å². The summed E-state index contributed by atoms with van der Waals surface area (Å²) >= 11 is 0. The lowest BCUT2D eigenvalue weighted by Gasteiger charge is -2.45. The van der Waals surface area contributed by atoms with Gasteiger partial charge in [0.05, 0.1) is 0 Å². The third-order valence-electron chi connectivity index (χ3n) is 4.61. The molecule has 1 saturated heterocycles. The molecule has 3 heteroatoms. The van der Waals surface area contributed by atoms with E-state index in [0.29, 0.717) is 0 Å². The topological polar surface area (TPSA) is 61.3 Å². The van der Waals surface area contributed by atoms with Gasteiger partial charge in [-0.15, -0.1) is 0 Å². The molecule has 1 aliphatic heterocycles. The van der Waals surface area contributed by atoms with Crippen LogP contribution in [-0.4, -0.2) is 6.61 Å². The van der Waals surface area contributed by atoms with E-state index >= 15 is 0 Å². The van der Waals surface area contributed by atoms with Crippen molar-refractivity contribution < 1.29 is 4.74 Å². The Labute approximate surface area is 132 Å². The molecule has 4 N–H and O–H groups in total. The second-order valence-electron chi connectivity index (χ2n) is 7.01. The highest BCUT2D eigenvalue weighted by Gasteiger charge is 2.43. The minimum Gasteiger partial charge on any atom is -0.399 e. The SMILES string of the molecule is CC1(C)CCOC(c2ccc(N)cc2)(c2ccc(N)cc2)C1. The molecule has 0 radical (unpaired) electrons. The molecule has 0 atom stereocenters. The predicted octanol–water partition coefficient (Wildman–Crippen LogP) is 3.93. The largest absolute Gasteiger partial charge is 0.399 e. The van der Waals surface area contributed by atoms with Gasteiger partial charge in [-0.2, -0.15) is 0 Å². The van der Waals surface area contributed by atoms with Crippen molar-refractivity contribution in [3.05, 3.63) is 59.7 Å². The Kier molecular flexibility index (Phi) is 3.61. The molecular formula is C19H24N2O. The molecule has 3 nitrogen and oxygen atoms in total. The van der Waals surface area contributed by atoms with Crippen LogP contribution in [0.25, 0.3) is 0 Å². The van der Waals surface area contributed by atoms with Gasteiger partial charge >= 0.3 is 0 Å². The highest BCUT2D eigenvalue weighted by atomic mass is 16.5. The summed E-state index contributed by atoms with van der Waals surface area (Å²) in [4.78, 5) is 0. The lowest BCUT2D eigenvalue weighted by molar-refractivity contribution is -0.0970. The normalized spacial score (nSPS) is 19.7. The van der Waals surface area contributed by atoms with Crippen LogP contribution in [0, 0.1) is 5.41 Å². The van der Waals surface area contributed by atoms with Gasteiger partial charge in [-0.05, 0) is 53.6 Å². The van der Waals surface area contributed by atoms with E-state index in [1.54, 1.807) is 0 Å². The van der Waals surface area contributed by atoms with Crippen LogP contribution in [0.1, 0.15) is 37.8 Å². The van der Waals surface area contributed by atoms with E-state index in [2.05, 4.69) is 38.1 Å². The Bertz CT molecular complexity index is 599. The number of ether oxygens (including phenoxy) is 1. The molecule has 0 spiro atoms. The average molecular weight is 296 g/mol. The molecule has 116 valence electrons. The Morgan fingerprint density at radius 3 is 1.68 bits per heavy atom. The highest BCUT2D eigenvalue weighted by molar-refractivity contribution is 5.47. The van der Waals surface area contributed by atoms with E-state index in [1.807, 2.05) is 24.3 Å². The standard InChI is InChI=1S/C19H24N2O/c1-18(2)11-12-22-19(13-18,14-3-7-16(20)8-4-14)15-5-9-17(21)10-6-15/h3-10H,11-13,20-21H2,1-2H3. The van der Waals surface area contributed by atoms with Crippen molar-refractivity contribution in [3.63, 3.8) is 0 Å². The first kappa shape index (κ1) is 14.9. The van der Waals surface area contributed by atoms with Crippen molar-refractivity contribution in [2.24, 2.45) is 5.41 Å². The molecule has 2 aromatic carbocycles. The van der Waals surface area contributed by atoms with E-state index in [-0.39, 0.29) is 5.41 Å². The fourth-order valence-corrected chi connectivity index (χ4v) is 3.36. The maximum absolute atomic E-state index is 6.37. The summed E-state index contributed by atoms with van der Waals surface area (Å²) in [6.07, 6.45) is 2.01. The fraction of sp³-hybridized carbons (Fsp3) is 0.368. The maximum Gasteiger partial charge on any atom is 0.119 e. The van der Waals surface area contributed by atoms with Gasteiger partial charge in [0.25, 0.3) is 0 Å². The van der Waals surface area contributed by atoms with Gasteiger partial charge in [0.1, 0.15) is 5.60 Å². The molecule has 0 saturated carbocycles. The zero-order valence-corrected chi connectivity index (χ0v) is 13.3. The Hall–Kier alpha value is -2.00. The molecule has 1 heterocycles. The van der Waals surface area contributed by atoms with Gasteiger partial charge in [-0.1, -0.05) is 38.1 Å². The van der Waals surface area contributed by atoms with Crippen molar-refractivity contribution >= 4 is 11.4 Å². The number of anilines is 2.